The molecule has 2 fully saturated rings. The maximum Gasteiger partial charge on any atom is 0.246 e. The molecule has 26 heavy (non-hydrogen) atoms. The first-order valence-electron chi connectivity index (χ1n) is 9.68. The average Bonchev–Trinajstić information content (AvgIpc) is 3.38. The van der Waals surface area contributed by atoms with E-state index < -0.39 is 6.04 Å². The number of nitrogens with one attached hydrogen (secondary N) is 1. The minimum Gasteiger partial charge on any atom is -0.351 e. The lowest BCUT2D eigenvalue weighted by molar-refractivity contribution is -0.125. The predicted molar refractivity (Wildman–Crippen MR) is 99.2 cm³/mol. The fourth-order valence-corrected chi connectivity index (χ4v) is 4.67. The Bertz CT molecular complexity index is 784. The lowest BCUT2D eigenvalue weighted by Gasteiger charge is -2.29. The molecule has 0 radical (unpaired) electrons. The third kappa shape index (κ3) is 3.24. The Labute approximate surface area is 154 Å². The second kappa shape index (κ2) is 6.82. The Balaban J connectivity index is 1.40. The molecule has 6 heteroatoms. The fraction of sp³-hybridized carbons (Fsp3) is 0.600. The highest BCUT2D eigenvalue weighted by Crippen LogP contribution is 2.49. The average molecular weight is 353 g/mol. The molecule has 138 valence electrons. The Hall–Kier alpha value is -2.24. The third-order valence-electron chi connectivity index (χ3n) is 6.27. The van der Waals surface area contributed by atoms with E-state index in [2.05, 4.69) is 27.7 Å². The number of benzene rings is 1. The molecule has 0 spiro atoms. The van der Waals surface area contributed by atoms with Gasteiger partial charge in [0.2, 0.25) is 11.7 Å². The van der Waals surface area contributed by atoms with E-state index >= 15 is 0 Å². The maximum atomic E-state index is 12.7. The number of carbonyl (C=O) groups excluding carboxylic acids is 1. The van der Waals surface area contributed by atoms with Gasteiger partial charge in [-0.2, -0.15) is 4.80 Å². The van der Waals surface area contributed by atoms with E-state index in [9.17, 15) is 4.79 Å². The summed E-state index contributed by atoms with van der Waals surface area (Å²) < 4.78 is 0. The molecule has 1 N–H and O–H groups in total. The van der Waals surface area contributed by atoms with Gasteiger partial charge in [-0.15, -0.1) is 10.2 Å². The van der Waals surface area contributed by atoms with E-state index in [4.69, 9.17) is 0 Å². The fourth-order valence-electron chi connectivity index (χ4n) is 4.67. The summed E-state index contributed by atoms with van der Waals surface area (Å²) in [6.07, 6.45) is 5.32. The molecule has 1 heterocycles. The van der Waals surface area contributed by atoms with Crippen molar-refractivity contribution < 1.29 is 4.79 Å². The number of nitrogens with zero attached hydrogens (tertiary/aromatic N) is 4. The first-order valence-corrected chi connectivity index (χ1v) is 9.68. The van der Waals surface area contributed by atoms with Gasteiger partial charge in [-0.1, -0.05) is 36.2 Å². The topological polar surface area (TPSA) is 72.7 Å². The van der Waals surface area contributed by atoms with E-state index in [1.54, 1.807) is 0 Å². The van der Waals surface area contributed by atoms with Crippen molar-refractivity contribution in [1.82, 2.24) is 25.5 Å². The van der Waals surface area contributed by atoms with Crippen molar-refractivity contribution in [1.29, 1.82) is 0 Å². The van der Waals surface area contributed by atoms with Crippen LogP contribution in [0.25, 0.3) is 11.4 Å². The highest BCUT2D eigenvalue weighted by atomic mass is 16.2. The summed E-state index contributed by atoms with van der Waals surface area (Å²) >= 11 is 0. The van der Waals surface area contributed by atoms with Gasteiger partial charge in [0, 0.05) is 11.6 Å². The molecule has 1 aromatic heterocycles. The smallest absolute Gasteiger partial charge is 0.246 e. The first-order chi connectivity index (χ1) is 12.5. The van der Waals surface area contributed by atoms with Crippen molar-refractivity contribution >= 4 is 5.91 Å². The van der Waals surface area contributed by atoms with Gasteiger partial charge in [0.15, 0.2) is 0 Å². The molecule has 4 rings (SSSR count). The van der Waals surface area contributed by atoms with Gasteiger partial charge < -0.3 is 5.32 Å². The highest BCUT2D eigenvalue weighted by molar-refractivity contribution is 5.80. The van der Waals surface area contributed by atoms with Crippen LogP contribution in [0.5, 0.6) is 0 Å². The molecule has 2 saturated carbocycles. The number of amides is 1. The van der Waals surface area contributed by atoms with E-state index in [1.165, 1.54) is 36.0 Å². The van der Waals surface area contributed by atoms with Gasteiger partial charge in [-0.25, -0.2) is 0 Å². The molecule has 1 amide bonds. The van der Waals surface area contributed by atoms with Crippen molar-refractivity contribution in [3.8, 4) is 11.4 Å². The van der Waals surface area contributed by atoms with Crippen molar-refractivity contribution in [3.05, 3.63) is 29.8 Å². The van der Waals surface area contributed by atoms with E-state index in [1.807, 2.05) is 38.1 Å². The zero-order chi connectivity index (χ0) is 18.3. The molecule has 0 saturated heterocycles. The van der Waals surface area contributed by atoms with Gasteiger partial charge in [0.1, 0.15) is 6.04 Å². The molecule has 0 unspecified atom stereocenters. The number of fused-ring (bicyclic) bond motifs is 2. The van der Waals surface area contributed by atoms with Gasteiger partial charge >= 0.3 is 0 Å². The predicted octanol–water partition coefficient (Wildman–Crippen LogP) is 3.15. The van der Waals surface area contributed by atoms with Crippen LogP contribution in [-0.4, -0.2) is 32.2 Å². The molecule has 1 aromatic carbocycles. The van der Waals surface area contributed by atoms with E-state index in [0.29, 0.717) is 11.7 Å². The summed E-state index contributed by atoms with van der Waals surface area (Å²) in [6.45, 7) is 6.00. The zero-order valence-corrected chi connectivity index (χ0v) is 15.7. The number of hydrogen-bond donors (Lipinski definition) is 1. The van der Waals surface area contributed by atoms with Gasteiger partial charge in [0.25, 0.3) is 0 Å². The molecule has 2 bridgehead atoms. The highest BCUT2D eigenvalue weighted by Gasteiger charge is 2.42. The van der Waals surface area contributed by atoms with Crippen molar-refractivity contribution in [2.75, 3.05) is 0 Å². The first kappa shape index (κ1) is 17.2. The second-order valence-electron chi connectivity index (χ2n) is 8.11. The summed E-state index contributed by atoms with van der Waals surface area (Å²) in [5.41, 5.74) is 2.09. The van der Waals surface area contributed by atoms with Crippen LogP contribution in [0.4, 0.5) is 0 Å². The van der Waals surface area contributed by atoms with Gasteiger partial charge in [0.05, 0.1) is 0 Å². The summed E-state index contributed by atoms with van der Waals surface area (Å²) in [7, 11) is 0. The second-order valence-corrected chi connectivity index (χ2v) is 8.11. The van der Waals surface area contributed by atoms with Gasteiger partial charge in [-0.3, -0.25) is 4.79 Å². The van der Waals surface area contributed by atoms with Crippen LogP contribution in [0, 0.1) is 24.7 Å². The quantitative estimate of drug-likeness (QED) is 0.896. The molecular weight excluding hydrogens is 326 g/mol. The van der Waals surface area contributed by atoms with E-state index in [-0.39, 0.29) is 11.9 Å². The summed E-state index contributed by atoms with van der Waals surface area (Å²) in [5, 5.41) is 15.8. The van der Waals surface area contributed by atoms with Crippen LogP contribution < -0.4 is 5.32 Å². The SMILES string of the molecule is Cc1ccc(-c2nnn([C@H](C)C(=O)N[C@@H](C)[C@H]3C[C@H]4CC[C@H]3C4)n2)cc1. The molecule has 2 aromatic rings. The Kier molecular flexibility index (Phi) is 4.51. The molecule has 0 aliphatic heterocycles. The lowest BCUT2D eigenvalue weighted by atomic mass is 9.84. The van der Waals surface area contributed by atoms with Crippen LogP contribution >= 0.6 is 0 Å². The summed E-state index contributed by atoms with van der Waals surface area (Å²) in [5.74, 6) is 2.81. The van der Waals surface area contributed by atoms with Crippen LogP contribution in [-0.2, 0) is 4.79 Å². The largest absolute Gasteiger partial charge is 0.351 e. The zero-order valence-electron chi connectivity index (χ0n) is 15.7. The van der Waals surface area contributed by atoms with Crippen molar-refractivity contribution in [2.24, 2.45) is 17.8 Å². The normalized spacial score (nSPS) is 26.7. The van der Waals surface area contributed by atoms with Crippen LogP contribution in [0.15, 0.2) is 24.3 Å². The monoisotopic (exact) mass is 353 g/mol. The van der Waals surface area contributed by atoms with E-state index in [0.717, 1.165) is 17.4 Å². The molecular formula is C20H27N5O. The Morgan fingerprint density at radius 2 is 1.96 bits per heavy atom. The lowest BCUT2D eigenvalue weighted by Crippen LogP contribution is -2.43. The minimum atomic E-state index is -0.470. The third-order valence-corrected chi connectivity index (χ3v) is 6.27. The molecule has 2 aliphatic carbocycles. The van der Waals surface area contributed by atoms with Gasteiger partial charge in [-0.05, 0) is 63.0 Å². The van der Waals surface area contributed by atoms with Crippen molar-refractivity contribution in [2.45, 2.75) is 58.5 Å². The standard InChI is InChI=1S/C20H27N5O/c1-12-4-7-16(8-5-12)19-22-24-25(23-19)14(3)20(26)21-13(2)18-11-15-6-9-17(18)10-15/h4-5,7-8,13-15,17-18H,6,9-11H2,1-3H3,(H,21,26)/t13-,14+,15-,17-,18+/m0/s1. The number of carbonyl (C=O) groups is 1. The minimum absolute atomic E-state index is 0.0341. The number of hydrogen-bond acceptors (Lipinski definition) is 4. The molecule has 5 atom stereocenters. The van der Waals surface area contributed by atoms with Crippen molar-refractivity contribution in [3.63, 3.8) is 0 Å². The number of rotatable bonds is 5. The Morgan fingerprint density at radius 3 is 2.62 bits per heavy atom. The molecule has 6 nitrogen and oxygen atoms in total. The molecule has 2 aliphatic rings. The van der Waals surface area contributed by atoms with Crippen LogP contribution in [0.2, 0.25) is 0 Å². The number of tetrazole rings is 1. The van der Waals surface area contributed by atoms with Crippen LogP contribution in [0.1, 0.15) is 51.1 Å². The maximum absolute atomic E-state index is 12.7. The Morgan fingerprint density at radius 1 is 1.19 bits per heavy atom. The number of aryl methyl sites for hydroxylation is 1. The number of aromatic nitrogens is 4. The van der Waals surface area contributed by atoms with Crippen LogP contribution in [0.3, 0.4) is 0 Å². The summed E-state index contributed by atoms with van der Waals surface area (Å²) in [4.78, 5) is 14.1. The summed E-state index contributed by atoms with van der Waals surface area (Å²) in [6, 6.07) is 7.71.